The Morgan fingerprint density at radius 3 is 2.46 bits per heavy atom. The number of rotatable bonds is 2. The van der Waals surface area contributed by atoms with E-state index in [0.717, 1.165) is 0 Å². The number of aryl methyl sites for hydroxylation is 1. The monoisotopic (exact) mass is 183 g/mol. The van der Waals surface area contributed by atoms with Crippen LogP contribution in [0.2, 0.25) is 0 Å². The van der Waals surface area contributed by atoms with Gasteiger partial charge in [-0.3, -0.25) is 4.68 Å². The van der Waals surface area contributed by atoms with Gasteiger partial charge < -0.3 is 10.8 Å². The van der Waals surface area contributed by atoms with Gasteiger partial charge in [-0.15, -0.1) is 0 Å². The highest BCUT2D eigenvalue weighted by molar-refractivity contribution is 5.71. The van der Waals surface area contributed by atoms with Crippen LogP contribution in [-0.2, 0) is 4.79 Å². The second-order valence-corrected chi connectivity index (χ2v) is 3.04. The second kappa shape index (κ2) is 3.08. The molecule has 0 saturated heterocycles. The first-order valence-electron chi connectivity index (χ1n) is 3.99. The molecule has 0 amide bonds. The Hall–Kier alpha value is -1.52. The zero-order valence-corrected chi connectivity index (χ0v) is 7.90. The molecule has 0 spiro atoms. The molecule has 1 aromatic heterocycles. The Labute approximate surface area is 76.2 Å². The minimum atomic E-state index is -0.911. The van der Waals surface area contributed by atoms with Crippen LogP contribution in [0, 0.1) is 13.8 Å². The van der Waals surface area contributed by atoms with Gasteiger partial charge in [0.1, 0.15) is 6.04 Å². The van der Waals surface area contributed by atoms with Crippen molar-refractivity contribution in [2.75, 3.05) is 5.73 Å². The number of carboxylic acids is 1. The van der Waals surface area contributed by atoms with Crippen molar-refractivity contribution >= 4 is 11.7 Å². The van der Waals surface area contributed by atoms with Crippen LogP contribution in [0.3, 0.4) is 0 Å². The number of nitrogen functional groups attached to an aromatic ring is 1. The molecule has 1 rings (SSSR count). The van der Waals surface area contributed by atoms with Crippen molar-refractivity contribution in [2.45, 2.75) is 26.8 Å². The van der Waals surface area contributed by atoms with Crippen molar-refractivity contribution in [3.63, 3.8) is 0 Å². The first kappa shape index (κ1) is 9.57. The third-order valence-corrected chi connectivity index (χ3v) is 2.11. The maximum absolute atomic E-state index is 10.7. The number of nitrogens with zero attached hydrogens (tertiary/aromatic N) is 2. The summed E-state index contributed by atoms with van der Waals surface area (Å²) in [7, 11) is 0. The first-order valence-corrected chi connectivity index (χ1v) is 3.99. The number of carboxylic acid groups (broad SMARTS) is 1. The molecule has 1 atom stereocenters. The lowest BCUT2D eigenvalue weighted by Gasteiger charge is -2.08. The molecule has 0 saturated carbocycles. The summed E-state index contributed by atoms with van der Waals surface area (Å²) in [6, 6.07) is -0.670. The van der Waals surface area contributed by atoms with E-state index in [0.29, 0.717) is 17.1 Å². The van der Waals surface area contributed by atoms with E-state index in [2.05, 4.69) is 5.10 Å². The van der Waals surface area contributed by atoms with Crippen molar-refractivity contribution in [3.05, 3.63) is 11.4 Å². The lowest BCUT2D eigenvalue weighted by molar-refractivity contribution is -0.140. The summed E-state index contributed by atoms with van der Waals surface area (Å²) in [6.07, 6.45) is 0. The van der Waals surface area contributed by atoms with Crippen molar-refractivity contribution in [1.29, 1.82) is 0 Å². The molecule has 1 heterocycles. The lowest BCUT2D eigenvalue weighted by Crippen LogP contribution is -2.18. The summed E-state index contributed by atoms with van der Waals surface area (Å²) >= 11 is 0. The fourth-order valence-corrected chi connectivity index (χ4v) is 1.16. The predicted molar refractivity (Wildman–Crippen MR) is 48.5 cm³/mol. The number of carbonyl (C=O) groups is 1. The Balaban J connectivity index is 3.15. The molecule has 13 heavy (non-hydrogen) atoms. The smallest absolute Gasteiger partial charge is 0.328 e. The quantitative estimate of drug-likeness (QED) is 0.708. The molecule has 0 radical (unpaired) electrons. The molecule has 0 aliphatic carbocycles. The third-order valence-electron chi connectivity index (χ3n) is 2.11. The molecule has 3 N–H and O–H groups in total. The van der Waals surface area contributed by atoms with Crippen LogP contribution in [-0.4, -0.2) is 20.9 Å². The van der Waals surface area contributed by atoms with Crippen molar-refractivity contribution in [2.24, 2.45) is 0 Å². The van der Waals surface area contributed by atoms with Crippen molar-refractivity contribution in [1.82, 2.24) is 9.78 Å². The van der Waals surface area contributed by atoms with Gasteiger partial charge >= 0.3 is 5.97 Å². The van der Waals surface area contributed by atoms with Crippen LogP contribution in [0.1, 0.15) is 24.4 Å². The number of anilines is 1. The van der Waals surface area contributed by atoms with Crippen LogP contribution in [0.5, 0.6) is 0 Å². The van der Waals surface area contributed by atoms with Gasteiger partial charge in [-0.25, -0.2) is 4.79 Å². The number of aromatic nitrogens is 2. The van der Waals surface area contributed by atoms with E-state index < -0.39 is 12.0 Å². The highest BCUT2D eigenvalue weighted by Crippen LogP contribution is 2.18. The molecule has 1 aromatic rings. The van der Waals surface area contributed by atoms with Crippen LogP contribution < -0.4 is 5.73 Å². The zero-order chi connectivity index (χ0) is 10.2. The second-order valence-electron chi connectivity index (χ2n) is 3.04. The number of aliphatic carboxylic acids is 1. The Morgan fingerprint density at radius 1 is 1.62 bits per heavy atom. The minimum Gasteiger partial charge on any atom is -0.480 e. The van der Waals surface area contributed by atoms with Crippen LogP contribution >= 0.6 is 0 Å². The van der Waals surface area contributed by atoms with Crippen molar-refractivity contribution < 1.29 is 9.90 Å². The topological polar surface area (TPSA) is 81.1 Å². The van der Waals surface area contributed by atoms with Crippen molar-refractivity contribution in [3.8, 4) is 0 Å². The summed E-state index contributed by atoms with van der Waals surface area (Å²) in [5.74, 6) is -0.911. The molecule has 0 aromatic carbocycles. The first-order chi connectivity index (χ1) is 5.95. The molecular formula is C8H13N3O2. The molecule has 0 bridgehead atoms. The summed E-state index contributed by atoms with van der Waals surface area (Å²) in [5.41, 5.74) is 7.60. The van der Waals surface area contributed by atoms with Gasteiger partial charge in [0.2, 0.25) is 0 Å². The lowest BCUT2D eigenvalue weighted by atomic mass is 10.3. The predicted octanol–water partition coefficient (Wildman–Crippen LogP) is 0.728. The average Bonchev–Trinajstić information content (AvgIpc) is 2.31. The Morgan fingerprint density at radius 2 is 2.15 bits per heavy atom. The number of nitrogens with two attached hydrogens (primary N) is 1. The van der Waals surface area contributed by atoms with E-state index in [1.165, 1.54) is 4.68 Å². The molecule has 0 aliphatic heterocycles. The normalized spacial score (nSPS) is 12.8. The fraction of sp³-hybridized carbons (Fsp3) is 0.500. The zero-order valence-electron chi connectivity index (χ0n) is 7.90. The molecule has 72 valence electrons. The van der Waals surface area contributed by atoms with Gasteiger partial charge in [-0.2, -0.15) is 5.10 Å². The SMILES string of the molecule is Cc1nn([C@@H](C)C(=O)O)c(C)c1N. The standard InChI is InChI=1S/C8H13N3O2/c1-4-7(9)5(2)11(10-4)6(3)8(12)13/h6H,9H2,1-3H3,(H,12,13)/t6-/m0/s1. The van der Waals surface area contributed by atoms with E-state index in [9.17, 15) is 4.79 Å². The Bertz CT molecular complexity index is 343. The van der Waals surface area contributed by atoms with Gasteiger partial charge in [0.25, 0.3) is 0 Å². The highest BCUT2D eigenvalue weighted by atomic mass is 16.4. The van der Waals surface area contributed by atoms with E-state index in [-0.39, 0.29) is 0 Å². The van der Waals surface area contributed by atoms with Crippen LogP contribution in [0.15, 0.2) is 0 Å². The molecule has 5 nitrogen and oxygen atoms in total. The van der Waals surface area contributed by atoms with Gasteiger partial charge in [-0.1, -0.05) is 0 Å². The maximum Gasteiger partial charge on any atom is 0.328 e. The van der Waals surface area contributed by atoms with E-state index >= 15 is 0 Å². The maximum atomic E-state index is 10.7. The molecule has 0 fully saturated rings. The van der Waals surface area contributed by atoms with Gasteiger partial charge in [0.15, 0.2) is 0 Å². The minimum absolute atomic E-state index is 0.563. The number of hydrogen-bond donors (Lipinski definition) is 2. The summed E-state index contributed by atoms with van der Waals surface area (Å²) in [4.78, 5) is 10.7. The van der Waals surface area contributed by atoms with Gasteiger partial charge in [0.05, 0.1) is 17.1 Å². The Kier molecular flexibility index (Phi) is 2.27. The average molecular weight is 183 g/mol. The third kappa shape index (κ3) is 1.49. The van der Waals surface area contributed by atoms with E-state index in [1.54, 1.807) is 20.8 Å². The largest absolute Gasteiger partial charge is 0.480 e. The molecule has 0 unspecified atom stereocenters. The molecule has 5 heteroatoms. The van der Waals surface area contributed by atoms with Gasteiger partial charge in [-0.05, 0) is 20.8 Å². The van der Waals surface area contributed by atoms with E-state index in [4.69, 9.17) is 10.8 Å². The molecule has 0 aliphatic rings. The highest BCUT2D eigenvalue weighted by Gasteiger charge is 2.18. The summed E-state index contributed by atoms with van der Waals surface area (Å²) in [5, 5.41) is 12.8. The fourth-order valence-electron chi connectivity index (χ4n) is 1.16. The van der Waals surface area contributed by atoms with E-state index in [1.807, 2.05) is 0 Å². The van der Waals surface area contributed by atoms with Gasteiger partial charge in [0, 0.05) is 0 Å². The number of hydrogen-bond acceptors (Lipinski definition) is 3. The van der Waals surface area contributed by atoms with Crippen LogP contribution in [0.25, 0.3) is 0 Å². The summed E-state index contributed by atoms with van der Waals surface area (Å²) in [6.45, 7) is 5.09. The van der Waals surface area contributed by atoms with Crippen LogP contribution in [0.4, 0.5) is 5.69 Å². The summed E-state index contributed by atoms with van der Waals surface area (Å²) < 4.78 is 1.42. The molecular weight excluding hydrogens is 170 g/mol.